The molecule has 0 bridgehead atoms. The van der Waals surface area contributed by atoms with Gasteiger partial charge in [0.25, 0.3) is 5.91 Å². The van der Waals surface area contributed by atoms with Crippen LogP contribution in [0.4, 0.5) is 0 Å². The molecule has 0 saturated carbocycles. The van der Waals surface area contributed by atoms with Gasteiger partial charge in [0.1, 0.15) is 6.10 Å². The summed E-state index contributed by atoms with van der Waals surface area (Å²) < 4.78 is 7.76. The van der Waals surface area contributed by atoms with Crippen LogP contribution in [0.25, 0.3) is 5.52 Å². The van der Waals surface area contributed by atoms with E-state index in [0.717, 1.165) is 24.9 Å². The highest BCUT2D eigenvalue weighted by Crippen LogP contribution is 2.19. The van der Waals surface area contributed by atoms with Gasteiger partial charge in [0.15, 0.2) is 0 Å². The minimum Gasteiger partial charge on any atom is -0.458 e. The molecule has 1 atom stereocenters. The van der Waals surface area contributed by atoms with Crippen LogP contribution in [0.2, 0.25) is 5.02 Å². The molecule has 1 aliphatic heterocycles. The molecule has 3 aromatic rings. The lowest BCUT2D eigenvalue weighted by molar-refractivity contribution is 0.0516. The van der Waals surface area contributed by atoms with Gasteiger partial charge in [0.05, 0.1) is 29.5 Å². The second-order valence-corrected chi connectivity index (χ2v) is 6.52. The molecule has 6 nitrogen and oxygen atoms in total. The number of piperidine rings is 1. The fraction of sp³-hybridized carbons (Fsp3) is 0.278. The maximum absolute atomic E-state index is 12.8. The number of nitrogens with zero attached hydrogens (tertiary/aromatic N) is 4. The van der Waals surface area contributed by atoms with E-state index in [1.807, 2.05) is 46.0 Å². The molecule has 1 fully saturated rings. The molecule has 4 rings (SSSR count). The van der Waals surface area contributed by atoms with Crippen molar-refractivity contribution in [3.05, 3.63) is 59.6 Å². The van der Waals surface area contributed by atoms with Crippen molar-refractivity contribution in [3.8, 4) is 6.01 Å². The Hall–Kier alpha value is -2.60. The minimum absolute atomic E-state index is 0.0222. The van der Waals surface area contributed by atoms with Crippen LogP contribution < -0.4 is 4.74 Å². The summed E-state index contributed by atoms with van der Waals surface area (Å²) in [4.78, 5) is 22.8. The third-order valence-electron chi connectivity index (χ3n) is 4.29. The van der Waals surface area contributed by atoms with E-state index in [1.54, 1.807) is 0 Å². The van der Waals surface area contributed by atoms with Crippen LogP contribution in [0, 0.1) is 0 Å². The van der Waals surface area contributed by atoms with E-state index in [1.165, 1.54) is 12.4 Å². The zero-order valence-corrected chi connectivity index (χ0v) is 14.3. The Morgan fingerprint density at radius 2 is 2.12 bits per heavy atom. The highest BCUT2D eigenvalue weighted by Gasteiger charge is 2.26. The molecule has 0 aliphatic carbocycles. The van der Waals surface area contributed by atoms with Gasteiger partial charge in [-0.25, -0.2) is 9.97 Å². The maximum atomic E-state index is 12.8. The maximum Gasteiger partial charge on any atom is 0.316 e. The van der Waals surface area contributed by atoms with Crippen molar-refractivity contribution in [2.45, 2.75) is 18.9 Å². The van der Waals surface area contributed by atoms with Crippen LogP contribution in [0.5, 0.6) is 6.01 Å². The minimum atomic E-state index is -0.115. The quantitative estimate of drug-likeness (QED) is 0.723. The number of ether oxygens (including phenoxy) is 1. The first kappa shape index (κ1) is 15.9. The van der Waals surface area contributed by atoms with Crippen LogP contribution >= 0.6 is 11.6 Å². The van der Waals surface area contributed by atoms with Crippen molar-refractivity contribution in [2.24, 2.45) is 0 Å². The standard InChI is InChI=1S/C18H17ClN4O2/c19-14-9-20-18(21-10-14)25-16-5-3-7-23(12-16)17(24)13-8-15-4-1-2-6-22(15)11-13/h1-2,4,6,8-11,16H,3,5,7,12H2. The van der Waals surface area contributed by atoms with E-state index in [2.05, 4.69) is 9.97 Å². The molecule has 0 spiro atoms. The molecule has 0 N–H and O–H groups in total. The van der Waals surface area contributed by atoms with E-state index in [9.17, 15) is 4.79 Å². The van der Waals surface area contributed by atoms with E-state index in [-0.39, 0.29) is 12.0 Å². The van der Waals surface area contributed by atoms with Crippen molar-refractivity contribution in [3.63, 3.8) is 0 Å². The largest absolute Gasteiger partial charge is 0.458 e. The molecule has 3 aromatic heterocycles. The van der Waals surface area contributed by atoms with Crippen LogP contribution in [0.15, 0.2) is 49.1 Å². The predicted octanol–water partition coefficient (Wildman–Crippen LogP) is 3.07. The third kappa shape index (κ3) is 3.44. The molecule has 1 unspecified atom stereocenters. The van der Waals surface area contributed by atoms with E-state index < -0.39 is 0 Å². The van der Waals surface area contributed by atoms with Crippen molar-refractivity contribution in [1.82, 2.24) is 19.3 Å². The molecule has 1 amide bonds. The monoisotopic (exact) mass is 356 g/mol. The number of halogens is 1. The van der Waals surface area contributed by atoms with Gasteiger partial charge in [0.2, 0.25) is 0 Å². The molecule has 0 radical (unpaired) electrons. The van der Waals surface area contributed by atoms with Crippen molar-refractivity contribution < 1.29 is 9.53 Å². The summed E-state index contributed by atoms with van der Waals surface area (Å²) in [6.07, 6.45) is 8.45. The van der Waals surface area contributed by atoms with Gasteiger partial charge in [-0.1, -0.05) is 17.7 Å². The molecule has 7 heteroatoms. The Morgan fingerprint density at radius 3 is 2.92 bits per heavy atom. The van der Waals surface area contributed by atoms with E-state index in [0.29, 0.717) is 23.1 Å². The number of fused-ring (bicyclic) bond motifs is 1. The zero-order chi connectivity index (χ0) is 17.2. The summed E-state index contributed by atoms with van der Waals surface area (Å²) in [6, 6.07) is 8.09. The number of carbonyl (C=O) groups is 1. The normalized spacial score (nSPS) is 17.6. The summed E-state index contributed by atoms with van der Waals surface area (Å²) in [5, 5.41) is 0.466. The molecule has 1 aliphatic rings. The fourth-order valence-electron chi connectivity index (χ4n) is 3.08. The molecule has 0 aromatic carbocycles. The fourth-order valence-corrected chi connectivity index (χ4v) is 3.18. The number of amides is 1. The summed E-state index contributed by atoms with van der Waals surface area (Å²) in [5.74, 6) is 0.0222. The number of pyridine rings is 1. The Bertz CT molecular complexity index is 860. The first-order valence-electron chi connectivity index (χ1n) is 8.19. The van der Waals surface area contributed by atoms with Crippen LogP contribution in [0.1, 0.15) is 23.2 Å². The van der Waals surface area contributed by atoms with Crippen molar-refractivity contribution >= 4 is 23.0 Å². The van der Waals surface area contributed by atoms with E-state index in [4.69, 9.17) is 16.3 Å². The third-order valence-corrected chi connectivity index (χ3v) is 4.48. The smallest absolute Gasteiger partial charge is 0.316 e. The summed E-state index contributed by atoms with van der Waals surface area (Å²) >= 11 is 5.79. The van der Waals surface area contributed by atoms with Crippen LogP contribution in [0.3, 0.4) is 0 Å². The molecule has 128 valence electrons. The van der Waals surface area contributed by atoms with Gasteiger partial charge < -0.3 is 14.0 Å². The second-order valence-electron chi connectivity index (χ2n) is 6.08. The molecule has 25 heavy (non-hydrogen) atoms. The topological polar surface area (TPSA) is 59.7 Å². The SMILES string of the molecule is O=C(c1cc2ccccn2c1)N1CCCC(Oc2ncc(Cl)cn2)C1. The molecule has 1 saturated heterocycles. The second kappa shape index (κ2) is 6.72. The first-order valence-corrected chi connectivity index (χ1v) is 8.57. The van der Waals surface area contributed by atoms with Gasteiger partial charge in [-0.2, -0.15) is 0 Å². The Labute approximate surface area is 150 Å². The zero-order valence-electron chi connectivity index (χ0n) is 13.5. The molecular weight excluding hydrogens is 340 g/mol. The molecule has 4 heterocycles. The number of hydrogen-bond donors (Lipinski definition) is 0. The molecular formula is C18H17ClN4O2. The average molecular weight is 357 g/mol. The van der Waals surface area contributed by atoms with Crippen LogP contribution in [-0.4, -0.2) is 44.4 Å². The highest BCUT2D eigenvalue weighted by molar-refractivity contribution is 6.30. The number of carbonyl (C=O) groups excluding carboxylic acids is 1. The summed E-state index contributed by atoms with van der Waals surface area (Å²) in [5.41, 5.74) is 1.69. The first-order chi connectivity index (χ1) is 12.2. The Morgan fingerprint density at radius 1 is 1.28 bits per heavy atom. The van der Waals surface area contributed by atoms with Gasteiger partial charge in [0, 0.05) is 24.5 Å². The summed E-state index contributed by atoms with van der Waals surface area (Å²) in [7, 11) is 0. The number of rotatable bonds is 3. The lowest BCUT2D eigenvalue weighted by Crippen LogP contribution is -2.44. The highest BCUT2D eigenvalue weighted by atomic mass is 35.5. The number of aromatic nitrogens is 3. The van der Waals surface area contributed by atoms with Gasteiger partial charge in [-0.05, 0) is 31.0 Å². The lowest BCUT2D eigenvalue weighted by Gasteiger charge is -2.32. The Kier molecular flexibility index (Phi) is 4.28. The van der Waals surface area contributed by atoms with Crippen molar-refractivity contribution in [2.75, 3.05) is 13.1 Å². The summed E-state index contributed by atoms with van der Waals surface area (Å²) in [6.45, 7) is 1.25. The predicted molar refractivity (Wildman–Crippen MR) is 94.0 cm³/mol. The van der Waals surface area contributed by atoms with Gasteiger partial charge >= 0.3 is 6.01 Å². The van der Waals surface area contributed by atoms with Crippen LogP contribution in [-0.2, 0) is 0 Å². The lowest BCUT2D eigenvalue weighted by atomic mass is 10.1. The van der Waals surface area contributed by atoms with Gasteiger partial charge in [-0.3, -0.25) is 4.79 Å². The van der Waals surface area contributed by atoms with Crippen molar-refractivity contribution in [1.29, 1.82) is 0 Å². The van der Waals surface area contributed by atoms with Gasteiger partial charge in [-0.15, -0.1) is 0 Å². The number of likely N-dealkylation sites (tertiary alicyclic amines) is 1. The Balaban J connectivity index is 1.46. The number of hydrogen-bond acceptors (Lipinski definition) is 4. The average Bonchev–Trinajstić information content (AvgIpc) is 3.07. The van der Waals surface area contributed by atoms with E-state index >= 15 is 0 Å².